The molecule has 0 radical (unpaired) electrons. The topological polar surface area (TPSA) is 70.1 Å². The first-order valence-electron chi connectivity index (χ1n) is 11.2. The van der Waals surface area contributed by atoms with Crippen LogP contribution in [0.2, 0.25) is 0 Å². The van der Waals surface area contributed by atoms with Gasteiger partial charge in [0.05, 0.1) is 25.0 Å². The van der Waals surface area contributed by atoms with E-state index in [-0.39, 0.29) is 29.1 Å². The third kappa shape index (κ3) is 5.75. The molecule has 1 aromatic rings. The van der Waals surface area contributed by atoms with Gasteiger partial charge in [-0.3, -0.25) is 9.59 Å². The Hall–Kier alpha value is -2.08. The summed E-state index contributed by atoms with van der Waals surface area (Å²) in [5.41, 5.74) is 0.0322. The first kappa shape index (κ1) is 22.6. The third-order valence-corrected chi connectivity index (χ3v) is 6.46. The highest BCUT2D eigenvalue weighted by molar-refractivity contribution is 5.81. The smallest absolute Gasteiger partial charge is 0.227 e. The zero-order valence-corrected chi connectivity index (χ0v) is 18.5. The van der Waals surface area contributed by atoms with E-state index < -0.39 is 6.10 Å². The number of carbonyl (C=O) groups is 2. The third-order valence-electron chi connectivity index (χ3n) is 6.46. The van der Waals surface area contributed by atoms with Crippen molar-refractivity contribution in [3.05, 3.63) is 30.3 Å². The molecule has 6 heteroatoms. The number of aliphatic hydroxyl groups excluding tert-OH is 1. The van der Waals surface area contributed by atoms with Crippen molar-refractivity contribution in [2.45, 2.75) is 52.6 Å². The summed E-state index contributed by atoms with van der Waals surface area (Å²) >= 11 is 0. The van der Waals surface area contributed by atoms with E-state index in [0.29, 0.717) is 39.2 Å². The summed E-state index contributed by atoms with van der Waals surface area (Å²) in [6.07, 6.45) is 2.29. The number of likely N-dealkylation sites (tertiary alicyclic amines) is 2. The standard InChI is InChI=1S/C24H36N2O4/c1-24(2,3)20-11-14-26(17-21(20)27)23(29)18-8-7-13-25(16-18)22(28)12-15-30-19-9-5-4-6-10-19/h4-6,9-10,18,20-21,27H,7-8,11-17H2,1-3H3/t18-,20-,21+/m1/s1. The Morgan fingerprint density at radius 3 is 2.47 bits per heavy atom. The second-order valence-electron chi connectivity index (χ2n) is 9.70. The first-order chi connectivity index (χ1) is 14.3. The zero-order chi connectivity index (χ0) is 21.7. The highest BCUT2D eigenvalue weighted by Gasteiger charge is 2.39. The minimum atomic E-state index is -0.487. The number of para-hydroxylation sites is 1. The quantitative estimate of drug-likeness (QED) is 0.801. The van der Waals surface area contributed by atoms with Crippen LogP contribution in [0.5, 0.6) is 5.75 Å². The fourth-order valence-corrected chi connectivity index (χ4v) is 4.74. The fourth-order valence-electron chi connectivity index (χ4n) is 4.74. The number of benzene rings is 1. The first-order valence-corrected chi connectivity index (χ1v) is 11.2. The molecule has 3 rings (SSSR count). The van der Waals surface area contributed by atoms with Gasteiger partial charge in [0.25, 0.3) is 0 Å². The fraction of sp³-hybridized carbons (Fsp3) is 0.667. The van der Waals surface area contributed by atoms with E-state index in [2.05, 4.69) is 20.8 Å². The van der Waals surface area contributed by atoms with Gasteiger partial charge in [-0.05, 0) is 42.7 Å². The Morgan fingerprint density at radius 1 is 1.07 bits per heavy atom. The molecule has 1 aromatic carbocycles. The van der Waals surface area contributed by atoms with Gasteiger partial charge in [-0.25, -0.2) is 0 Å². The molecule has 2 saturated heterocycles. The lowest BCUT2D eigenvalue weighted by atomic mass is 9.73. The van der Waals surface area contributed by atoms with Gasteiger partial charge >= 0.3 is 0 Å². The number of ether oxygens (including phenoxy) is 1. The van der Waals surface area contributed by atoms with E-state index in [1.807, 2.05) is 35.2 Å². The molecule has 166 valence electrons. The van der Waals surface area contributed by atoms with Gasteiger partial charge in [0.2, 0.25) is 11.8 Å². The monoisotopic (exact) mass is 416 g/mol. The molecule has 1 N–H and O–H groups in total. The molecule has 0 spiro atoms. The summed E-state index contributed by atoms with van der Waals surface area (Å²) < 4.78 is 5.64. The average Bonchev–Trinajstić information content (AvgIpc) is 2.73. The number of hydrogen-bond donors (Lipinski definition) is 1. The van der Waals surface area contributed by atoms with Crippen molar-refractivity contribution in [1.29, 1.82) is 0 Å². The molecule has 2 amide bonds. The number of carbonyl (C=O) groups excluding carboxylic acids is 2. The molecule has 2 fully saturated rings. The van der Waals surface area contributed by atoms with Crippen LogP contribution in [0.25, 0.3) is 0 Å². The lowest BCUT2D eigenvalue weighted by molar-refractivity contribution is -0.145. The van der Waals surface area contributed by atoms with E-state index in [9.17, 15) is 14.7 Å². The molecule has 2 aliphatic heterocycles. The largest absolute Gasteiger partial charge is 0.493 e. The number of amides is 2. The summed E-state index contributed by atoms with van der Waals surface area (Å²) in [6, 6.07) is 9.47. The molecule has 30 heavy (non-hydrogen) atoms. The second kappa shape index (κ2) is 9.82. The molecule has 2 aliphatic rings. The zero-order valence-electron chi connectivity index (χ0n) is 18.5. The molecule has 0 aliphatic carbocycles. The van der Waals surface area contributed by atoms with Crippen molar-refractivity contribution >= 4 is 11.8 Å². The Bertz CT molecular complexity index is 716. The summed E-state index contributed by atoms with van der Waals surface area (Å²) in [4.78, 5) is 29.3. The van der Waals surface area contributed by atoms with Crippen molar-refractivity contribution < 1.29 is 19.4 Å². The molecule has 0 saturated carbocycles. The van der Waals surface area contributed by atoms with Crippen LogP contribution >= 0.6 is 0 Å². The van der Waals surface area contributed by atoms with E-state index in [4.69, 9.17) is 4.74 Å². The van der Waals surface area contributed by atoms with Gasteiger partial charge in [0.1, 0.15) is 5.75 Å². The summed E-state index contributed by atoms with van der Waals surface area (Å²) in [6.45, 7) is 9.02. The van der Waals surface area contributed by atoms with Gasteiger partial charge in [-0.1, -0.05) is 39.0 Å². The molecular formula is C24H36N2O4. The van der Waals surface area contributed by atoms with Crippen LogP contribution in [-0.4, -0.2) is 65.6 Å². The van der Waals surface area contributed by atoms with E-state index in [0.717, 1.165) is 25.0 Å². The predicted octanol–water partition coefficient (Wildman–Crippen LogP) is 2.95. The normalized spacial score (nSPS) is 25.1. The number of rotatable bonds is 5. The van der Waals surface area contributed by atoms with Gasteiger partial charge in [-0.2, -0.15) is 0 Å². The van der Waals surface area contributed by atoms with E-state index >= 15 is 0 Å². The lowest BCUT2D eigenvalue weighted by Gasteiger charge is -2.44. The van der Waals surface area contributed by atoms with Crippen LogP contribution in [0.15, 0.2) is 30.3 Å². The number of aliphatic hydroxyl groups is 1. The maximum atomic E-state index is 13.1. The number of β-amino-alcohol motifs (C(OH)–C–C–N with tert-alkyl or cyclic N) is 1. The molecule has 6 nitrogen and oxygen atoms in total. The average molecular weight is 417 g/mol. The van der Waals surface area contributed by atoms with Crippen LogP contribution in [0.4, 0.5) is 0 Å². The van der Waals surface area contributed by atoms with Crippen molar-refractivity contribution in [2.75, 3.05) is 32.8 Å². The minimum absolute atomic E-state index is 0.0322. The maximum absolute atomic E-state index is 13.1. The highest BCUT2D eigenvalue weighted by atomic mass is 16.5. The number of nitrogens with zero attached hydrogens (tertiary/aromatic N) is 2. The van der Waals surface area contributed by atoms with Crippen molar-refractivity contribution in [2.24, 2.45) is 17.3 Å². The van der Waals surface area contributed by atoms with Crippen molar-refractivity contribution in [1.82, 2.24) is 9.80 Å². The molecular weight excluding hydrogens is 380 g/mol. The Morgan fingerprint density at radius 2 is 1.80 bits per heavy atom. The molecule has 3 atom stereocenters. The van der Waals surface area contributed by atoms with Crippen LogP contribution in [0.1, 0.15) is 46.5 Å². The van der Waals surface area contributed by atoms with E-state index in [1.54, 1.807) is 4.90 Å². The molecule has 0 aromatic heterocycles. The van der Waals surface area contributed by atoms with Gasteiger partial charge < -0.3 is 19.6 Å². The van der Waals surface area contributed by atoms with Crippen LogP contribution < -0.4 is 4.74 Å². The van der Waals surface area contributed by atoms with Gasteiger partial charge in [0, 0.05) is 26.2 Å². The second-order valence-corrected chi connectivity index (χ2v) is 9.70. The predicted molar refractivity (Wildman–Crippen MR) is 116 cm³/mol. The number of hydrogen-bond acceptors (Lipinski definition) is 4. The molecule has 0 bridgehead atoms. The van der Waals surface area contributed by atoms with Gasteiger partial charge in [0.15, 0.2) is 0 Å². The van der Waals surface area contributed by atoms with Crippen molar-refractivity contribution in [3.8, 4) is 5.75 Å². The van der Waals surface area contributed by atoms with Crippen LogP contribution in [-0.2, 0) is 9.59 Å². The van der Waals surface area contributed by atoms with Gasteiger partial charge in [-0.15, -0.1) is 0 Å². The maximum Gasteiger partial charge on any atom is 0.227 e. The minimum Gasteiger partial charge on any atom is -0.493 e. The van der Waals surface area contributed by atoms with E-state index in [1.165, 1.54) is 0 Å². The SMILES string of the molecule is CC(C)(C)[C@@H]1CCN(C(=O)[C@@H]2CCCN(C(=O)CCOc3ccccc3)C2)C[C@@H]1O. The molecule has 0 unspecified atom stereocenters. The Labute approximate surface area is 180 Å². The van der Waals surface area contributed by atoms with Crippen LogP contribution in [0.3, 0.4) is 0 Å². The summed E-state index contributed by atoms with van der Waals surface area (Å²) in [5.74, 6) is 0.912. The highest BCUT2D eigenvalue weighted by Crippen LogP contribution is 2.35. The summed E-state index contributed by atoms with van der Waals surface area (Å²) in [7, 11) is 0. The van der Waals surface area contributed by atoms with Crippen LogP contribution in [0, 0.1) is 17.3 Å². The summed E-state index contributed by atoms with van der Waals surface area (Å²) in [5, 5.41) is 10.6. The Kier molecular flexibility index (Phi) is 7.40. The van der Waals surface area contributed by atoms with Crippen molar-refractivity contribution in [3.63, 3.8) is 0 Å². The lowest BCUT2D eigenvalue weighted by Crippen LogP contribution is -2.53. The Balaban J connectivity index is 1.48. The molecule has 2 heterocycles. The number of piperidine rings is 2.